The number of hydrogen-bond donors (Lipinski definition) is 1. The van der Waals surface area contributed by atoms with Crippen molar-refractivity contribution < 1.29 is 0 Å². The largest absolute Gasteiger partial charge is 0.359 e. The van der Waals surface area contributed by atoms with Crippen LogP contribution >= 0.6 is 0 Å². The Morgan fingerprint density at radius 2 is 0.929 bits per heavy atom. The maximum Gasteiger partial charge on any atom is 0.145 e. The van der Waals surface area contributed by atoms with E-state index < -0.39 is 0 Å². The molecule has 1 aromatic heterocycles. The van der Waals surface area contributed by atoms with E-state index in [9.17, 15) is 0 Å². The Balaban J connectivity index is 0.927. The number of fused-ring (bicyclic) bond motifs is 10. The molecule has 0 amide bonds. The van der Waals surface area contributed by atoms with Gasteiger partial charge in [-0.2, -0.15) is 0 Å². The van der Waals surface area contributed by atoms with Crippen molar-refractivity contribution in [1.82, 2.24) is 9.55 Å². The van der Waals surface area contributed by atoms with E-state index in [-0.39, 0.29) is 6.17 Å². The smallest absolute Gasteiger partial charge is 0.145 e. The van der Waals surface area contributed by atoms with Crippen molar-refractivity contribution in [1.29, 1.82) is 0 Å². The molecule has 326 valence electrons. The molecule has 0 radical (unpaired) electrons. The van der Waals surface area contributed by atoms with Gasteiger partial charge in [-0.05, 0) is 166 Å². The van der Waals surface area contributed by atoms with Crippen LogP contribution in [0, 0.1) is 0 Å². The van der Waals surface area contributed by atoms with Gasteiger partial charge in [0.25, 0.3) is 0 Å². The van der Waals surface area contributed by atoms with Crippen LogP contribution in [0.4, 0.5) is 17.1 Å². The van der Waals surface area contributed by atoms with E-state index >= 15 is 0 Å². The highest BCUT2D eigenvalue weighted by molar-refractivity contribution is 6.27. The first-order valence-corrected chi connectivity index (χ1v) is 24.1. The SMILES string of the molecule is c1ccc(-c2nc3ccccc3n2-c2ccc(-c3cc4c5cc6c(cc5c(-c5ccc(N7c8ccccc8NC7c7ccccc7)cc5)cc4c4ccccc34)-c3cccc4cccc-6c34)cc2)cc1. The number of rotatable bonds is 6. The minimum absolute atomic E-state index is 0.0211. The number of para-hydroxylation sites is 4. The van der Waals surface area contributed by atoms with Crippen LogP contribution in [0.25, 0.3) is 116 Å². The summed E-state index contributed by atoms with van der Waals surface area (Å²) in [6, 6.07) is 89.0. The van der Waals surface area contributed by atoms with Crippen molar-refractivity contribution in [3.8, 4) is 61.6 Å². The Hall–Kier alpha value is -9.25. The van der Waals surface area contributed by atoms with Gasteiger partial charge in [0.05, 0.1) is 22.4 Å². The number of aromatic nitrogens is 2. The van der Waals surface area contributed by atoms with Crippen LogP contribution in [0.3, 0.4) is 0 Å². The number of benzene rings is 12. The molecule has 4 heteroatoms. The average Bonchev–Trinajstić information content (AvgIpc) is 4.12. The summed E-state index contributed by atoms with van der Waals surface area (Å²) in [4.78, 5) is 7.56. The molecule has 15 rings (SSSR count). The Labute approximate surface area is 405 Å². The molecule has 1 aliphatic carbocycles. The van der Waals surface area contributed by atoms with Gasteiger partial charge in [-0.15, -0.1) is 0 Å². The molecule has 1 unspecified atom stereocenters. The zero-order chi connectivity index (χ0) is 45.9. The molecule has 12 aromatic carbocycles. The first-order valence-electron chi connectivity index (χ1n) is 24.1. The lowest BCUT2D eigenvalue weighted by Gasteiger charge is -2.27. The van der Waals surface area contributed by atoms with E-state index in [4.69, 9.17) is 4.98 Å². The second-order valence-corrected chi connectivity index (χ2v) is 18.7. The summed E-state index contributed by atoms with van der Waals surface area (Å²) >= 11 is 0. The summed E-state index contributed by atoms with van der Waals surface area (Å²) < 4.78 is 2.29. The van der Waals surface area contributed by atoms with Crippen LogP contribution in [0.2, 0.25) is 0 Å². The van der Waals surface area contributed by atoms with Crippen LogP contribution in [0.1, 0.15) is 11.7 Å². The van der Waals surface area contributed by atoms with Crippen LogP contribution in [-0.4, -0.2) is 9.55 Å². The predicted molar refractivity (Wildman–Crippen MR) is 293 cm³/mol. The molecule has 0 bridgehead atoms. The summed E-state index contributed by atoms with van der Waals surface area (Å²) in [6.07, 6.45) is -0.0211. The number of anilines is 3. The minimum atomic E-state index is -0.0211. The molecule has 0 spiro atoms. The van der Waals surface area contributed by atoms with Gasteiger partial charge in [0, 0.05) is 16.9 Å². The number of hydrogen-bond acceptors (Lipinski definition) is 3. The Morgan fingerprint density at radius 3 is 1.67 bits per heavy atom. The molecule has 0 saturated carbocycles. The fourth-order valence-electron chi connectivity index (χ4n) is 11.7. The first-order chi connectivity index (χ1) is 34.7. The highest BCUT2D eigenvalue weighted by Crippen LogP contribution is 2.52. The molecular weight excluding hydrogens is 849 g/mol. The van der Waals surface area contributed by atoms with Crippen LogP contribution in [-0.2, 0) is 0 Å². The van der Waals surface area contributed by atoms with Crippen LogP contribution < -0.4 is 10.2 Å². The fraction of sp³-hybridized carbons (Fsp3) is 0.0152. The van der Waals surface area contributed by atoms with Crippen molar-refractivity contribution >= 4 is 71.2 Å². The lowest BCUT2D eigenvalue weighted by Crippen LogP contribution is -2.23. The van der Waals surface area contributed by atoms with Crippen LogP contribution in [0.5, 0.6) is 0 Å². The maximum atomic E-state index is 5.13. The summed E-state index contributed by atoms with van der Waals surface area (Å²) in [6.45, 7) is 0. The normalized spacial score (nSPS) is 13.7. The van der Waals surface area contributed by atoms with Crippen molar-refractivity contribution in [2.45, 2.75) is 6.17 Å². The summed E-state index contributed by atoms with van der Waals surface area (Å²) in [7, 11) is 0. The molecule has 2 heterocycles. The Bertz CT molecular complexity index is 4240. The number of nitrogens with zero attached hydrogens (tertiary/aromatic N) is 3. The van der Waals surface area contributed by atoms with Crippen molar-refractivity contribution in [2.24, 2.45) is 0 Å². The second-order valence-electron chi connectivity index (χ2n) is 18.7. The topological polar surface area (TPSA) is 33.1 Å². The van der Waals surface area contributed by atoms with Gasteiger partial charge in [0.2, 0.25) is 0 Å². The van der Waals surface area contributed by atoms with Gasteiger partial charge < -0.3 is 10.2 Å². The zero-order valence-electron chi connectivity index (χ0n) is 38.0. The van der Waals surface area contributed by atoms with Gasteiger partial charge >= 0.3 is 0 Å². The molecule has 0 fully saturated rings. The van der Waals surface area contributed by atoms with Gasteiger partial charge in [-0.1, -0.05) is 170 Å². The molecular formula is C66H42N4. The van der Waals surface area contributed by atoms with Gasteiger partial charge in [0.15, 0.2) is 0 Å². The van der Waals surface area contributed by atoms with Crippen molar-refractivity contribution in [3.63, 3.8) is 0 Å². The number of nitrogens with one attached hydrogen (secondary N) is 1. The fourth-order valence-corrected chi connectivity index (χ4v) is 11.7. The highest BCUT2D eigenvalue weighted by Gasteiger charge is 2.31. The van der Waals surface area contributed by atoms with Gasteiger partial charge in [-0.3, -0.25) is 4.57 Å². The average molecular weight is 891 g/mol. The third-order valence-electron chi connectivity index (χ3n) is 14.9. The Kier molecular flexibility index (Phi) is 8.39. The van der Waals surface area contributed by atoms with E-state index in [1.54, 1.807) is 0 Å². The summed E-state index contributed by atoms with van der Waals surface area (Å²) in [5.41, 5.74) is 18.9. The quantitative estimate of drug-likeness (QED) is 0.169. The van der Waals surface area contributed by atoms with E-state index in [2.05, 4.69) is 257 Å². The third kappa shape index (κ3) is 5.80. The maximum absolute atomic E-state index is 5.13. The number of imidazole rings is 1. The molecule has 1 atom stereocenters. The van der Waals surface area contributed by atoms with Gasteiger partial charge in [-0.25, -0.2) is 4.98 Å². The lowest BCUT2D eigenvalue weighted by molar-refractivity contribution is 0.828. The molecule has 0 saturated heterocycles. The summed E-state index contributed by atoms with van der Waals surface area (Å²) in [5.74, 6) is 0.933. The highest BCUT2D eigenvalue weighted by atomic mass is 15.3. The second kappa shape index (κ2) is 15.1. The standard InChI is InChI=1S/C66H42N4/c1-3-15-44(16-4-1)65-67-60-25-9-11-27-62(60)69(65)46-33-29-41(30-34-46)52-37-58-54(49-22-8-7-21-48(49)52)38-53(57-39-55-50-23-13-19-43-20-14-24-51(64(43)50)56(55)40-59(57)58)42-31-35-47(36-32-42)70-63-28-12-10-26-61(63)68-66(70)45-17-5-2-6-18-45/h1-40,66,68H. The van der Waals surface area contributed by atoms with E-state index in [1.807, 2.05) is 0 Å². The molecule has 13 aromatic rings. The molecule has 70 heavy (non-hydrogen) atoms. The molecule has 2 aliphatic rings. The van der Waals surface area contributed by atoms with E-state index in [0.29, 0.717) is 0 Å². The molecule has 4 nitrogen and oxygen atoms in total. The monoisotopic (exact) mass is 890 g/mol. The molecule has 1 N–H and O–H groups in total. The van der Waals surface area contributed by atoms with E-state index in [1.165, 1.54) is 98.8 Å². The van der Waals surface area contributed by atoms with Crippen molar-refractivity contribution in [3.05, 3.63) is 248 Å². The first kappa shape index (κ1) is 38.8. The Morgan fingerprint density at radius 1 is 0.371 bits per heavy atom. The van der Waals surface area contributed by atoms with E-state index in [0.717, 1.165) is 39.5 Å². The van der Waals surface area contributed by atoms with Gasteiger partial charge in [0.1, 0.15) is 12.0 Å². The summed E-state index contributed by atoms with van der Waals surface area (Å²) in [5, 5.41) is 13.9. The van der Waals surface area contributed by atoms with Crippen LogP contribution in [0.15, 0.2) is 243 Å². The third-order valence-corrected chi connectivity index (χ3v) is 14.9. The predicted octanol–water partition coefficient (Wildman–Crippen LogP) is 17.5. The zero-order valence-corrected chi connectivity index (χ0v) is 38.0. The lowest BCUT2D eigenvalue weighted by atomic mass is 9.86. The molecule has 1 aliphatic heterocycles. The van der Waals surface area contributed by atoms with Crippen molar-refractivity contribution in [2.75, 3.05) is 10.2 Å². The minimum Gasteiger partial charge on any atom is -0.359 e.